The van der Waals surface area contributed by atoms with Crippen molar-refractivity contribution in [2.45, 2.75) is 43.4 Å². The van der Waals surface area contributed by atoms with E-state index in [1.807, 2.05) is 11.8 Å². The van der Waals surface area contributed by atoms with Gasteiger partial charge in [0.05, 0.1) is 0 Å². The number of aryl methyl sites for hydroxylation is 1. The molecule has 0 bridgehead atoms. The van der Waals surface area contributed by atoms with Crippen molar-refractivity contribution in [1.29, 1.82) is 0 Å². The quantitative estimate of drug-likeness (QED) is 0.787. The van der Waals surface area contributed by atoms with E-state index in [9.17, 15) is 0 Å². The summed E-state index contributed by atoms with van der Waals surface area (Å²) in [6.07, 6.45) is 1.99. The fraction of sp³-hybridized carbons (Fsp3) is 0.333. The molecule has 2 aromatic rings. The third-order valence-electron chi connectivity index (χ3n) is 3.46. The zero-order valence-corrected chi connectivity index (χ0v) is 13.1. The van der Waals surface area contributed by atoms with Crippen molar-refractivity contribution in [2.24, 2.45) is 5.73 Å². The highest BCUT2D eigenvalue weighted by Gasteiger charge is 2.07. The predicted molar refractivity (Wildman–Crippen MR) is 89.2 cm³/mol. The van der Waals surface area contributed by atoms with Crippen molar-refractivity contribution in [3.8, 4) is 0 Å². The maximum Gasteiger partial charge on any atom is 0.0232 e. The van der Waals surface area contributed by atoms with Crippen molar-refractivity contribution in [1.82, 2.24) is 0 Å². The van der Waals surface area contributed by atoms with E-state index in [1.54, 1.807) is 0 Å². The third-order valence-corrected chi connectivity index (χ3v) is 4.64. The molecule has 2 N–H and O–H groups in total. The Bertz CT molecular complexity index is 551. The van der Waals surface area contributed by atoms with E-state index in [2.05, 4.69) is 62.4 Å². The van der Waals surface area contributed by atoms with Crippen molar-refractivity contribution < 1.29 is 0 Å². The van der Waals surface area contributed by atoms with Gasteiger partial charge in [0.1, 0.15) is 0 Å². The SMILES string of the molecule is CCC(N)Cc1ccccc1SCc1cccc(C)c1. The molecular weight excluding hydrogens is 262 g/mol. The first-order valence-electron chi connectivity index (χ1n) is 7.21. The summed E-state index contributed by atoms with van der Waals surface area (Å²) in [4.78, 5) is 1.36. The van der Waals surface area contributed by atoms with Gasteiger partial charge in [-0.25, -0.2) is 0 Å². The molecule has 0 aliphatic rings. The lowest BCUT2D eigenvalue weighted by molar-refractivity contribution is 0.641. The Labute approximate surface area is 126 Å². The Hall–Kier alpha value is -1.25. The summed E-state index contributed by atoms with van der Waals surface area (Å²) in [5, 5.41) is 0. The van der Waals surface area contributed by atoms with Gasteiger partial charge in [0, 0.05) is 16.7 Å². The van der Waals surface area contributed by atoms with Crippen LogP contribution in [0.25, 0.3) is 0 Å². The first kappa shape index (κ1) is 15.1. The summed E-state index contributed by atoms with van der Waals surface area (Å²) in [7, 11) is 0. The molecule has 2 rings (SSSR count). The predicted octanol–water partition coefficient (Wildman–Crippen LogP) is 4.57. The van der Waals surface area contributed by atoms with Crippen molar-refractivity contribution in [3.63, 3.8) is 0 Å². The maximum atomic E-state index is 6.09. The number of nitrogens with two attached hydrogens (primary N) is 1. The van der Waals surface area contributed by atoms with Gasteiger partial charge in [0.25, 0.3) is 0 Å². The minimum absolute atomic E-state index is 0.260. The van der Waals surface area contributed by atoms with Gasteiger partial charge < -0.3 is 5.73 Å². The molecule has 106 valence electrons. The molecule has 0 heterocycles. The van der Waals surface area contributed by atoms with Crippen LogP contribution in [0.5, 0.6) is 0 Å². The molecule has 2 aromatic carbocycles. The van der Waals surface area contributed by atoms with Crippen LogP contribution < -0.4 is 5.73 Å². The summed E-state index contributed by atoms with van der Waals surface area (Å²) in [5.74, 6) is 1.01. The van der Waals surface area contributed by atoms with E-state index in [0.717, 1.165) is 18.6 Å². The highest BCUT2D eigenvalue weighted by Crippen LogP contribution is 2.27. The fourth-order valence-electron chi connectivity index (χ4n) is 2.20. The van der Waals surface area contributed by atoms with Crippen molar-refractivity contribution in [2.75, 3.05) is 0 Å². The maximum absolute atomic E-state index is 6.09. The minimum Gasteiger partial charge on any atom is -0.327 e. The molecule has 0 fully saturated rings. The lowest BCUT2D eigenvalue weighted by Crippen LogP contribution is -2.21. The van der Waals surface area contributed by atoms with Crippen LogP contribution in [-0.4, -0.2) is 6.04 Å². The Kier molecular flexibility index (Phi) is 5.69. The average molecular weight is 285 g/mol. The smallest absolute Gasteiger partial charge is 0.0232 e. The van der Waals surface area contributed by atoms with E-state index in [-0.39, 0.29) is 6.04 Å². The summed E-state index contributed by atoms with van der Waals surface area (Å²) < 4.78 is 0. The molecule has 0 amide bonds. The number of hydrogen-bond acceptors (Lipinski definition) is 2. The molecule has 0 aromatic heterocycles. The molecule has 0 saturated carbocycles. The van der Waals surface area contributed by atoms with Crippen LogP contribution in [0.3, 0.4) is 0 Å². The topological polar surface area (TPSA) is 26.0 Å². The lowest BCUT2D eigenvalue weighted by atomic mass is 10.1. The second kappa shape index (κ2) is 7.51. The molecule has 0 aliphatic heterocycles. The van der Waals surface area contributed by atoms with E-state index >= 15 is 0 Å². The second-order valence-corrected chi connectivity index (χ2v) is 6.28. The van der Waals surface area contributed by atoms with Crippen LogP contribution in [0.4, 0.5) is 0 Å². The number of benzene rings is 2. The summed E-state index contributed by atoms with van der Waals surface area (Å²) in [5.41, 5.74) is 10.2. The Morgan fingerprint density at radius 2 is 1.90 bits per heavy atom. The fourth-order valence-corrected chi connectivity index (χ4v) is 3.22. The normalized spacial score (nSPS) is 12.3. The zero-order valence-electron chi connectivity index (χ0n) is 12.3. The lowest BCUT2D eigenvalue weighted by Gasteiger charge is -2.13. The summed E-state index contributed by atoms with van der Waals surface area (Å²) in [6.45, 7) is 4.29. The van der Waals surface area contributed by atoms with E-state index in [4.69, 9.17) is 5.73 Å². The third kappa shape index (κ3) is 4.39. The van der Waals surface area contributed by atoms with Gasteiger partial charge in [-0.1, -0.05) is 55.0 Å². The summed E-state index contributed by atoms with van der Waals surface area (Å²) in [6, 6.07) is 17.6. The molecule has 0 saturated heterocycles. The second-order valence-electron chi connectivity index (χ2n) is 5.26. The van der Waals surface area contributed by atoms with Gasteiger partial charge in [-0.05, 0) is 37.0 Å². The first-order valence-corrected chi connectivity index (χ1v) is 8.19. The Morgan fingerprint density at radius 3 is 2.65 bits per heavy atom. The van der Waals surface area contributed by atoms with Crippen LogP contribution in [0.2, 0.25) is 0 Å². The van der Waals surface area contributed by atoms with Crippen LogP contribution in [0.1, 0.15) is 30.0 Å². The van der Waals surface area contributed by atoms with Crippen LogP contribution >= 0.6 is 11.8 Å². The first-order chi connectivity index (χ1) is 9.69. The van der Waals surface area contributed by atoms with Gasteiger partial charge in [0.15, 0.2) is 0 Å². The van der Waals surface area contributed by atoms with Gasteiger partial charge >= 0.3 is 0 Å². The monoisotopic (exact) mass is 285 g/mol. The standard InChI is InChI=1S/C18H23NS/c1-3-17(19)12-16-9-4-5-10-18(16)20-13-15-8-6-7-14(2)11-15/h4-11,17H,3,12-13,19H2,1-2H3. The Morgan fingerprint density at radius 1 is 1.10 bits per heavy atom. The molecule has 0 aliphatic carbocycles. The van der Waals surface area contributed by atoms with Crippen LogP contribution in [0, 0.1) is 6.92 Å². The minimum atomic E-state index is 0.260. The molecule has 2 heteroatoms. The highest BCUT2D eigenvalue weighted by atomic mass is 32.2. The molecule has 0 radical (unpaired) electrons. The molecular formula is C18H23NS. The molecule has 1 atom stereocenters. The zero-order chi connectivity index (χ0) is 14.4. The van der Waals surface area contributed by atoms with Gasteiger partial charge in [-0.3, -0.25) is 0 Å². The van der Waals surface area contributed by atoms with Gasteiger partial charge in [-0.15, -0.1) is 11.8 Å². The molecule has 20 heavy (non-hydrogen) atoms. The molecule has 1 unspecified atom stereocenters. The Balaban J connectivity index is 2.05. The molecule has 1 nitrogen and oxygen atoms in total. The largest absolute Gasteiger partial charge is 0.327 e. The highest BCUT2D eigenvalue weighted by molar-refractivity contribution is 7.98. The van der Waals surface area contributed by atoms with Crippen molar-refractivity contribution in [3.05, 3.63) is 65.2 Å². The van der Waals surface area contributed by atoms with E-state index in [0.29, 0.717) is 0 Å². The van der Waals surface area contributed by atoms with E-state index in [1.165, 1.54) is 21.6 Å². The number of rotatable bonds is 6. The van der Waals surface area contributed by atoms with Crippen LogP contribution in [0.15, 0.2) is 53.4 Å². The van der Waals surface area contributed by atoms with Gasteiger partial charge in [-0.2, -0.15) is 0 Å². The van der Waals surface area contributed by atoms with Gasteiger partial charge in [0.2, 0.25) is 0 Å². The van der Waals surface area contributed by atoms with E-state index < -0.39 is 0 Å². The summed E-state index contributed by atoms with van der Waals surface area (Å²) >= 11 is 1.91. The number of hydrogen-bond donors (Lipinski definition) is 1. The van der Waals surface area contributed by atoms with Crippen molar-refractivity contribution >= 4 is 11.8 Å². The number of thioether (sulfide) groups is 1. The molecule has 0 spiro atoms. The van der Waals surface area contributed by atoms with Crippen LogP contribution in [-0.2, 0) is 12.2 Å². The average Bonchev–Trinajstić information content (AvgIpc) is 2.46.